The first-order valence-corrected chi connectivity index (χ1v) is 9.24. The second kappa shape index (κ2) is 7.89. The van der Waals surface area contributed by atoms with Crippen LogP contribution in [0.5, 0.6) is 0 Å². The Balaban J connectivity index is 1.44. The highest BCUT2D eigenvalue weighted by Gasteiger charge is 2.26. The van der Waals surface area contributed by atoms with Crippen molar-refractivity contribution in [3.63, 3.8) is 0 Å². The largest absolute Gasteiger partial charge is 0.444 e. The minimum absolute atomic E-state index is 0.200. The number of nitrogens with zero attached hydrogens (tertiary/aromatic N) is 3. The summed E-state index contributed by atoms with van der Waals surface area (Å²) in [5, 5.41) is 4.18. The van der Waals surface area contributed by atoms with E-state index < -0.39 is 5.60 Å². The van der Waals surface area contributed by atoms with Crippen molar-refractivity contribution in [2.24, 2.45) is 5.92 Å². The Kier molecular flexibility index (Phi) is 5.59. The van der Waals surface area contributed by atoms with Gasteiger partial charge in [0.1, 0.15) is 5.60 Å². The van der Waals surface area contributed by atoms with Crippen LogP contribution < -0.4 is 0 Å². The summed E-state index contributed by atoms with van der Waals surface area (Å²) in [6, 6.07) is 5.83. The number of hydrogen-bond acceptors (Lipinski definition) is 5. The third-order valence-corrected chi connectivity index (χ3v) is 4.60. The average Bonchev–Trinajstić information content (AvgIpc) is 3.09. The number of aryl methyl sites for hydroxylation is 1. The van der Waals surface area contributed by atoms with Gasteiger partial charge in [-0.05, 0) is 64.5 Å². The molecule has 0 aromatic carbocycles. The molecule has 1 fully saturated rings. The molecule has 0 saturated carbocycles. The highest BCUT2D eigenvalue weighted by atomic mass is 16.6. The summed E-state index contributed by atoms with van der Waals surface area (Å²) in [4.78, 5) is 17.9. The van der Waals surface area contributed by atoms with Crippen LogP contribution in [0.4, 0.5) is 4.79 Å². The Labute approximate surface area is 154 Å². The maximum atomic E-state index is 12.1. The van der Waals surface area contributed by atoms with Crippen LogP contribution in [0.15, 0.2) is 35.1 Å². The molecule has 2 aromatic rings. The number of carbonyl (C=O) groups excluding carboxylic acids is 1. The standard InChI is InChI=1S/C20H27N3O3/c1-20(2,3)25-19(24)23-12-8-15(9-13-23)4-5-17-14-18(26-22-17)16-6-10-21-11-7-16/h6-7,10-11,14-15H,4-5,8-9,12-13H2,1-3H3. The first kappa shape index (κ1) is 18.4. The molecule has 0 aliphatic carbocycles. The van der Waals surface area contributed by atoms with Gasteiger partial charge < -0.3 is 14.2 Å². The molecule has 3 heterocycles. The van der Waals surface area contributed by atoms with Gasteiger partial charge in [0.15, 0.2) is 5.76 Å². The van der Waals surface area contributed by atoms with E-state index in [9.17, 15) is 4.79 Å². The van der Waals surface area contributed by atoms with Crippen LogP contribution in [0.2, 0.25) is 0 Å². The maximum absolute atomic E-state index is 12.1. The minimum atomic E-state index is -0.437. The number of pyridine rings is 1. The Morgan fingerprint density at radius 3 is 2.62 bits per heavy atom. The quantitative estimate of drug-likeness (QED) is 0.815. The van der Waals surface area contributed by atoms with Gasteiger partial charge in [-0.25, -0.2) is 4.79 Å². The number of carbonyl (C=O) groups is 1. The van der Waals surface area contributed by atoms with E-state index in [4.69, 9.17) is 9.26 Å². The number of aromatic nitrogens is 2. The van der Waals surface area contributed by atoms with Crippen LogP contribution in [-0.2, 0) is 11.2 Å². The van der Waals surface area contributed by atoms with E-state index in [1.54, 1.807) is 12.4 Å². The van der Waals surface area contributed by atoms with Crippen molar-refractivity contribution >= 4 is 6.09 Å². The summed E-state index contributed by atoms with van der Waals surface area (Å²) in [5.41, 5.74) is 1.53. The fourth-order valence-corrected chi connectivity index (χ4v) is 3.16. The monoisotopic (exact) mass is 357 g/mol. The first-order chi connectivity index (χ1) is 12.4. The normalized spacial score (nSPS) is 15.9. The molecule has 6 nitrogen and oxygen atoms in total. The second-order valence-corrected chi connectivity index (χ2v) is 7.87. The van der Waals surface area contributed by atoms with Gasteiger partial charge in [0.05, 0.1) is 5.69 Å². The molecular weight excluding hydrogens is 330 g/mol. The lowest BCUT2D eigenvalue weighted by molar-refractivity contribution is 0.0181. The molecule has 0 atom stereocenters. The summed E-state index contributed by atoms with van der Waals surface area (Å²) in [6.45, 7) is 7.22. The third kappa shape index (κ3) is 5.07. The molecule has 0 bridgehead atoms. The van der Waals surface area contributed by atoms with Gasteiger partial charge in [0, 0.05) is 37.1 Å². The molecule has 6 heteroatoms. The van der Waals surface area contributed by atoms with Crippen molar-refractivity contribution in [3.05, 3.63) is 36.3 Å². The van der Waals surface area contributed by atoms with E-state index >= 15 is 0 Å². The van der Waals surface area contributed by atoms with Crippen molar-refractivity contribution in [1.29, 1.82) is 0 Å². The zero-order chi connectivity index (χ0) is 18.6. The topological polar surface area (TPSA) is 68.5 Å². The van der Waals surface area contributed by atoms with Crippen LogP contribution in [0.1, 0.15) is 45.7 Å². The summed E-state index contributed by atoms with van der Waals surface area (Å²) in [5.74, 6) is 1.39. The average molecular weight is 357 g/mol. The van der Waals surface area contributed by atoms with Crippen LogP contribution in [-0.4, -0.2) is 39.8 Å². The van der Waals surface area contributed by atoms with Crippen molar-refractivity contribution in [2.75, 3.05) is 13.1 Å². The number of amides is 1. The zero-order valence-electron chi connectivity index (χ0n) is 15.8. The van der Waals surface area contributed by atoms with E-state index in [0.29, 0.717) is 5.92 Å². The van der Waals surface area contributed by atoms with E-state index in [1.807, 2.05) is 43.9 Å². The lowest BCUT2D eigenvalue weighted by Gasteiger charge is -2.33. The number of rotatable bonds is 4. The van der Waals surface area contributed by atoms with Crippen LogP contribution in [0.25, 0.3) is 11.3 Å². The van der Waals surface area contributed by atoms with Crippen LogP contribution in [0, 0.1) is 5.92 Å². The van der Waals surface area contributed by atoms with Gasteiger partial charge in [0.25, 0.3) is 0 Å². The molecule has 26 heavy (non-hydrogen) atoms. The Morgan fingerprint density at radius 2 is 1.96 bits per heavy atom. The lowest BCUT2D eigenvalue weighted by Crippen LogP contribution is -2.41. The smallest absolute Gasteiger partial charge is 0.410 e. The molecular formula is C20H27N3O3. The van der Waals surface area contributed by atoms with Crippen LogP contribution in [0.3, 0.4) is 0 Å². The van der Waals surface area contributed by atoms with Gasteiger partial charge in [-0.15, -0.1) is 0 Å². The van der Waals surface area contributed by atoms with E-state index in [0.717, 1.165) is 55.8 Å². The summed E-state index contributed by atoms with van der Waals surface area (Å²) >= 11 is 0. The van der Waals surface area contributed by atoms with Crippen molar-refractivity contribution in [2.45, 2.75) is 52.1 Å². The number of piperidine rings is 1. The Morgan fingerprint density at radius 1 is 1.27 bits per heavy atom. The molecule has 1 saturated heterocycles. The molecule has 0 N–H and O–H groups in total. The highest BCUT2D eigenvalue weighted by molar-refractivity contribution is 5.68. The highest BCUT2D eigenvalue weighted by Crippen LogP contribution is 2.25. The molecule has 0 unspecified atom stereocenters. The first-order valence-electron chi connectivity index (χ1n) is 9.24. The lowest BCUT2D eigenvalue weighted by atomic mass is 9.91. The number of likely N-dealkylation sites (tertiary alicyclic amines) is 1. The van der Waals surface area contributed by atoms with Gasteiger partial charge >= 0.3 is 6.09 Å². The molecule has 0 radical (unpaired) electrons. The van der Waals surface area contributed by atoms with Gasteiger partial charge in [-0.1, -0.05) is 5.16 Å². The van der Waals surface area contributed by atoms with Crippen molar-refractivity contribution in [1.82, 2.24) is 15.0 Å². The molecule has 2 aromatic heterocycles. The van der Waals surface area contributed by atoms with E-state index in [1.165, 1.54) is 0 Å². The Bertz CT molecular complexity index is 713. The second-order valence-electron chi connectivity index (χ2n) is 7.87. The van der Waals surface area contributed by atoms with Crippen molar-refractivity contribution in [3.8, 4) is 11.3 Å². The van der Waals surface area contributed by atoms with Crippen LogP contribution >= 0.6 is 0 Å². The third-order valence-electron chi connectivity index (χ3n) is 4.60. The molecule has 1 aliphatic heterocycles. The summed E-state index contributed by atoms with van der Waals surface area (Å²) in [6.07, 6.45) is 7.26. The predicted octanol–water partition coefficient (Wildman–Crippen LogP) is 4.32. The van der Waals surface area contributed by atoms with E-state index in [-0.39, 0.29) is 6.09 Å². The summed E-state index contributed by atoms with van der Waals surface area (Å²) in [7, 11) is 0. The molecule has 0 spiro atoms. The Hall–Kier alpha value is -2.37. The predicted molar refractivity (Wildman–Crippen MR) is 98.6 cm³/mol. The van der Waals surface area contributed by atoms with Gasteiger partial charge in [0.2, 0.25) is 0 Å². The fourth-order valence-electron chi connectivity index (χ4n) is 3.16. The summed E-state index contributed by atoms with van der Waals surface area (Å²) < 4.78 is 10.9. The molecule has 3 rings (SSSR count). The molecule has 1 amide bonds. The van der Waals surface area contributed by atoms with Gasteiger partial charge in [-0.2, -0.15) is 0 Å². The van der Waals surface area contributed by atoms with E-state index in [2.05, 4.69) is 10.1 Å². The SMILES string of the molecule is CC(C)(C)OC(=O)N1CCC(CCc2cc(-c3ccncc3)on2)CC1. The van der Waals surface area contributed by atoms with Gasteiger partial charge in [-0.3, -0.25) is 4.98 Å². The maximum Gasteiger partial charge on any atom is 0.410 e. The fraction of sp³-hybridized carbons (Fsp3) is 0.550. The number of hydrogen-bond donors (Lipinski definition) is 0. The molecule has 1 aliphatic rings. The zero-order valence-corrected chi connectivity index (χ0v) is 15.8. The molecule has 140 valence electrons. The number of ether oxygens (including phenoxy) is 1. The minimum Gasteiger partial charge on any atom is -0.444 e. The van der Waals surface area contributed by atoms with Crippen molar-refractivity contribution < 1.29 is 14.1 Å².